The number of nitrogens with two attached hydrogens (primary N) is 1. The summed E-state index contributed by atoms with van der Waals surface area (Å²) in [5, 5.41) is 2.34. The fraction of sp³-hybridized carbons (Fsp3) is 0.273. The minimum absolute atomic E-state index is 0.0312. The number of anilines is 1. The first kappa shape index (κ1) is 14.2. The normalized spacial score (nSPS) is 11.2. The number of carbonyl (C=O) groups excluding carboxylic acids is 1. The van der Waals surface area contributed by atoms with Gasteiger partial charge >= 0.3 is 0 Å². The molecule has 5 nitrogen and oxygen atoms in total. The molecule has 1 aromatic rings. The number of amidine groups is 1. The summed E-state index contributed by atoms with van der Waals surface area (Å²) in [6.45, 7) is 0.168. The molecule has 0 aliphatic carbocycles. The highest BCUT2D eigenvalue weighted by molar-refractivity contribution is 6.31. The number of aliphatic imine (C=N–C) groups is 1. The summed E-state index contributed by atoms with van der Waals surface area (Å²) >= 11 is 5.70. The highest BCUT2D eigenvalue weighted by Gasteiger charge is 2.09. The summed E-state index contributed by atoms with van der Waals surface area (Å²) in [6, 6.07) is 2.85. The van der Waals surface area contributed by atoms with Crippen molar-refractivity contribution in [2.75, 3.05) is 19.0 Å². The van der Waals surface area contributed by atoms with Crippen LogP contribution >= 0.6 is 11.6 Å². The molecule has 0 unspecified atom stereocenters. The van der Waals surface area contributed by atoms with E-state index in [0.717, 1.165) is 0 Å². The molecule has 18 heavy (non-hydrogen) atoms. The standard InChI is InChI=1S/C11H13ClFN3O2/c1-15-11(14)18-3-2-7-4-8(16-6-17)5-9(12)10(7)13/h4-6H,2-3H2,1H3,(H2,14,15)(H,16,17). The van der Waals surface area contributed by atoms with Gasteiger partial charge in [-0.05, 0) is 17.7 Å². The van der Waals surface area contributed by atoms with Gasteiger partial charge in [0, 0.05) is 19.2 Å². The molecule has 0 aliphatic rings. The van der Waals surface area contributed by atoms with E-state index in [1.165, 1.54) is 19.2 Å². The van der Waals surface area contributed by atoms with Crippen LogP contribution in [0.3, 0.4) is 0 Å². The molecule has 0 atom stereocenters. The minimum atomic E-state index is -0.538. The molecule has 0 spiro atoms. The van der Waals surface area contributed by atoms with E-state index >= 15 is 0 Å². The first-order valence-corrected chi connectivity index (χ1v) is 5.49. The van der Waals surface area contributed by atoms with Gasteiger partial charge in [-0.25, -0.2) is 9.38 Å². The Morgan fingerprint density at radius 2 is 2.39 bits per heavy atom. The van der Waals surface area contributed by atoms with Gasteiger partial charge in [0.25, 0.3) is 6.02 Å². The molecule has 0 radical (unpaired) electrons. The van der Waals surface area contributed by atoms with Crippen LogP contribution in [-0.4, -0.2) is 26.1 Å². The Morgan fingerprint density at radius 3 is 3.00 bits per heavy atom. The third-order valence-corrected chi connectivity index (χ3v) is 2.45. The fourth-order valence-corrected chi connectivity index (χ4v) is 1.55. The molecular formula is C11H13ClFN3O2. The lowest BCUT2D eigenvalue weighted by Crippen LogP contribution is -2.17. The molecule has 0 saturated heterocycles. The molecule has 0 aromatic heterocycles. The summed E-state index contributed by atoms with van der Waals surface area (Å²) in [5.41, 5.74) is 6.08. The zero-order chi connectivity index (χ0) is 13.5. The summed E-state index contributed by atoms with van der Waals surface area (Å²) < 4.78 is 18.7. The number of hydrogen-bond acceptors (Lipinski definition) is 3. The Labute approximate surface area is 109 Å². The monoisotopic (exact) mass is 273 g/mol. The van der Waals surface area contributed by atoms with E-state index in [1.807, 2.05) is 0 Å². The van der Waals surface area contributed by atoms with Crippen LogP contribution in [0.1, 0.15) is 5.56 Å². The summed E-state index contributed by atoms with van der Waals surface area (Å²) in [6.07, 6.45) is 0.752. The first-order valence-electron chi connectivity index (χ1n) is 5.11. The smallest absolute Gasteiger partial charge is 0.281 e. The zero-order valence-electron chi connectivity index (χ0n) is 9.74. The van der Waals surface area contributed by atoms with E-state index in [1.54, 1.807) is 0 Å². The maximum atomic E-state index is 13.7. The molecule has 0 bridgehead atoms. The predicted octanol–water partition coefficient (Wildman–Crippen LogP) is 1.55. The Balaban J connectivity index is 2.77. The average Bonchev–Trinajstić information content (AvgIpc) is 2.35. The van der Waals surface area contributed by atoms with E-state index in [0.29, 0.717) is 17.7 Å². The second kappa shape index (κ2) is 6.80. The van der Waals surface area contributed by atoms with Gasteiger partial charge in [0.05, 0.1) is 11.6 Å². The van der Waals surface area contributed by atoms with Gasteiger partial charge in [0.2, 0.25) is 6.41 Å². The molecule has 0 fully saturated rings. The first-order chi connectivity index (χ1) is 8.58. The topological polar surface area (TPSA) is 76.7 Å². The van der Waals surface area contributed by atoms with Gasteiger partial charge in [-0.1, -0.05) is 11.6 Å². The Bertz CT molecular complexity index is 466. The van der Waals surface area contributed by atoms with Crippen molar-refractivity contribution < 1.29 is 13.9 Å². The van der Waals surface area contributed by atoms with E-state index < -0.39 is 5.82 Å². The molecule has 1 rings (SSSR count). The number of amides is 1. The lowest BCUT2D eigenvalue weighted by Gasteiger charge is -2.09. The van der Waals surface area contributed by atoms with Gasteiger partial charge in [0.15, 0.2) is 0 Å². The number of nitrogens with zero attached hydrogens (tertiary/aromatic N) is 1. The van der Waals surface area contributed by atoms with Gasteiger partial charge in [0.1, 0.15) is 5.82 Å². The second-order valence-electron chi connectivity index (χ2n) is 3.35. The third-order valence-electron chi connectivity index (χ3n) is 2.17. The van der Waals surface area contributed by atoms with Crippen LogP contribution in [-0.2, 0) is 16.0 Å². The van der Waals surface area contributed by atoms with Crippen LogP contribution in [0.4, 0.5) is 10.1 Å². The Kier molecular flexibility index (Phi) is 5.38. The zero-order valence-corrected chi connectivity index (χ0v) is 10.5. The van der Waals surface area contributed by atoms with Crippen molar-refractivity contribution in [2.45, 2.75) is 6.42 Å². The minimum Gasteiger partial charge on any atom is -0.465 e. The van der Waals surface area contributed by atoms with Crippen LogP contribution in [0, 0.1) is 5.82 Å². The molecule has 98 valence electrons. The van der Waals surface area contributed by atoms with Crippen LogP contribution in [0.15, 0.2) is 17.1 Å². The summed E-state index contributed by atoms with van der Waals surface area (Å²) in [4.78, 5) is 13.9. The molecule has 1 amide bonds. The van der Waals surface area contributed by atoms with E-state index in [-0.39, 0.29) is 24.1 Å². The van der Waals surface area contributed by atoms with Crippen molar-refractivity contribution in [1.29, 1.82) is 0 Å². The molecule has 7 heteroatoms. The lowest BCUT2D eigenvalue weighted by molar-refractivity contribution is -0.105. The van der Waals surface area contributed by atoms with Gasteiger partial charge in [-0.15, -0.1) is 0 Å². The number of carbonyl (C=O) groups is 1. The van der Waals surface area contributed by atoms with Crippen LogP contribution < -0.4 is 11.1 Å². The number of halogens is 2. The fourth-order valence-electron chi connectivity index (χ4n) is 1.31. The van der Waals surface area contributed by atoms with Crippen LogP contribution in [0.5, 0.6) is 0 Å². The molecule has 1 aromatic carbocycles. The molecule has 0 saturated carbocycles. The van der Waals surface area contributed by atoms with Gasteiger partial charge in [-0.2, -0.15) is 0 Å². The Hall–Kier alpha value is -1.82. The number of rotatable bonds is 5. The average molecular weight is 274 g/mol. The number of nitrogens with one attached hydrogen (secondary N) is 1. The summed E-state index contributed by atoms with van der Waals surface area (Å²) in [5.74, 6) is -0.538. The summed E-state index contributed by atoms with van der Waals surface area (Å²) in [7, 11) is 1.49. The second-order valence-corrected chi connectivity index (χ2v) is 3.76. The molecule has 0 aliphatic heterocycles. The van der Waals surface area contributed by atoms with Crippen molar-refractivity contribution in [1.82, 2.24) is 0 Å². The van der Waals surface area contributed by atoms with E-state index in [4.69, 9.17) is 22.1 Å². The Morgan fingerprint density at radius 1 is 1.67 bits per heavy atom. The highest BCUT2D eigenvalue weighted by Crippen LogP contribution is 2.24. The molecular weight excluding hydrogens is 261 g/mol. The predicted molar refractivity (Wildman–Crippen MR) is 68.3 cm³/mol. The molecule has 0 heterocycles. The van der Waals surface area contributed by atoms with Crippen LogP contribution in [0.25, 0.3) is 0 Å². The number of benzene rings is 1. The maximum absolute atomic E-state index is 13.7. The van der Waals surface area contributed by atoms with Crippen molar-refractivity contribution in [3.8, 4) is 0 Å². The number of ether oxygens (including phenoxy) is 1. The molecule has 3 N–H and O–H groups in total. The van der Waals surface area contributed by atoms with E-state index in [2.05, 4.69) is 10.3 Å². The van der Waals surface area contributed by atoms with Crippen molar-refractivity contribution in [3.63, 3.8) is 0 Å². The van der Waals surface area contributed by atoms with Crippen molar-refractivity contribution in [3.05, 3.63) is 28.5 Å². The SMILES string of the molecule is CN=C(N)OCCc1cc(NC=O)cc(Cl)c1F. The number of hydrogen-bond donors (Lipinski definition) is 2. The largest absolute Gasteiger partial charge is 0.465 e. The van der Waals surface area contributed by atoms with Crippen molar-refractivity contribution in [2.24, 2.45) is 10.7 Å². The quantitative estimate of drug-likeness (QED) is 0.485. The highest BCUT2D eigenvalue weighted by atomic mass is 35.5. The van der Waals surface area contributed by atoms with Crippen LogP contribution in [0.2, 0.25) is 5.02 Å². The third kappa shape index (κ3) is 3.89. The van der Waals surface area contributed by atoms with Gasteiger partial charge < -0.3 is 15.8 Å². The lowest BCUT2D eigenvalue weighted by atomic mass is 10.1. The van der Waals surface area contributed by atoms with Crippen molar-refractivity contribution >= 4 is 29.7 Å². The maximum Gasteiger partial charge on any atom is 0.281 e. The van der Waals surface area contributed by atoms with E-state index in [9.17, 15) is 9.18 Å². The van der Waals surface area contributed by atoms with Gasteiger partial charge in [-0.3, -0.25) is 4.79 Å².